The fourth-order valence-electron chi connectivity index (χ4n) is 3.96. The summed E-state index contributed by atoms with van der Waals surface area (Å²) in [6, 6.07) is 11.6. The molecule has 2 heteroatoms. The minimum atomic E-state index is 0.433. The largest absolute Gasteiger partial charge is 0.308 e. The molecular weight excluding hydrogens is 244 g/mol. The lowest BCUT2D eigenvalue weighted by atomic mass is 9.91. The van der Waals surface area contributed by atoms with Gasteiger partial charge in [-0.1, -0.05) is 50.1 Å². The summed E-state index contributed by atoms with van der Waals surface area (Å²) < 4.78 is 0. The first-order valence-corrected chi connectivity index (χ1v) is 8.23. The molecule has 0 radical (unpaired) electrons. The minimum Gasteiger partial charge on any atom is -0.308 e. The van der Waals surface area contributed by atoms with E-state index in [2.05, 4.69) is 54.4 Å². The Labute approximate surface area is 123 Å². The molecule has 1 spiro atoms. The van der Waals surface area contributed by atoms with E-state index in [0.29, 0.717) is 17.5 Å². The van der Waals surface area contributed by atoms with Crippen molar-refractivity contribution < 1.29 is 0 Å². The predicted molar refractivity (Wildman–Crippen MR) is 85.1 cm³/mol. The van der Waals surface area contributed by atoms with Crippen LogP contribution in [0, 0.1) is 0 Å². The molecule has 110 valence electrons. The summed E-state index contributed by atoms with van der Waals surface area (Å²) in [5.74, 6) is 0.621. The zero-order valence-corrected chi connectivity index (χ0v) is 12.9. The van der Waals surface area contributed by atoms with Crippen LogP contribution in [0.4, 0.5) is 0 Å². The van der Waals surface area contributed by atoms with Gasteiger partial charge in [0.15, 0.2) is 0 Å². The molecule has 1 aliphatic carbocycles. The van der Waals surface area contributed by atoms with Crippen molar-refractivity contribution in [3.8, 4) is 0 Å². The van der Waals surface area contributed by atoms with Crippen LogP contribution in [-0.4, -0.2) is 36.1 Å². The zero-order chi connectivity index (χ0) is 14.0. The molecule has 0 aromatic heterocycles. The van der Waals surface area contributed by atoms with Crippen molar-refractivity contribution >= 4 is 0 Å². The summed E-state index contributed by atoms with van der Waals surface area (Å²) in [6.07, 6.45) is 5.55. The maximum Gasteiger partial charge on any atom is 0.0309 e. The predicted octanol–water partition coefficient (Wildman–Crippen LogP) is 3.40. The third kappa shape index (κ3) is 2.91. The van der Waals surface area contributed by atoms with E-state index in [1.54, 1.807) is 0 Å². The normalized spacial score (nSPS) is 27.8. The summed E-state index contributed by atoms with van der Waals surface area (Å²) >= 11 is 0. The molecule has 1 aromatic carbocycles. The van der Waals surface area contributed by atoms with Crippen molar-refractivity contribution in [3.05, 3.63) is 35.9 Å². The maximum atomic E-state index is 3.85. The summed E-state index contributed by atoms with van der Waals surface area (Å²) in [6.45, 7) is 8.32. The van der Waals surface area contributed by atoms with E-state index in [-0.39, 0.29) is 0 Å². The molecule has 1 heterocycles. The van der Waals surface area contributed by atoms with Crippen molar-refractivity contribution in [3.63, 3.8) is 0 Å². The van der Waals surface area contributed by atoms with E-state index >= 15 is 0 Å². The van der Waals surface area contributed by atoms with Crippen molar-refractivity contribution in [1.29, 1.82) is 0 Å². The van der Waals surface area contributed by atoms with Crippen LogP contribution in [0.3, 0.4) is 0 Å². The molecule has 2 unspecified atom stereocenters. The van der Waals surface area contributed by atoms with Gasteiger partial charge in [0, 0.05) is 31.2 Å². The van der Waals surface area contributed by atoms with E-state index in [4.69, 9.17) is 0 Å². The van der Waals surface area contributed by atoms with Gasteiger partial charge in [0.25, 0.3) is 0 Å². The van der Waals surface area contributed by atoms with Crippen molar-refractivity contribution in [2.24, 2.45) is 0 Å². The Morgan fingerprint density at radius 1 is 1.25 bits per heavy atom. The van der Waals surface area contributed by atoms with Gasteiger partial charge in [-0.3, -0.25) is 4.90 Å². The van der Waals surface area contributed by atoms with Crippen LogP contribution in [0.25, 0.3) is 0 Å². The fraction of sp³-hybridized carbons (Fsp3) is 0.667. The number of piperazine rings is 1. The third-order valence-electron chi connectivity index (χ3n) is 5.34. The van der Waals surface area contributed by atoms with Gasteiger partial charge in [-0.2, -0.15) is 0 Å². The summed E-state index contributed by atoms with van der Waals surface area (Å²) in [5.41, 5.74) is 1.90. The van der Waals surface area contributed by atoms with Crippen LogP contribution in [-0.2, 0) is 0 Å². The third-order valence-corrected chi connectivity index (χ3v) is 5.34. The SMILES string of the molecule is CC(CN1CC2(CCCC2)NCC1C)c1ccccc1. The maximum absolute atomic E-state index is 3.85. The van der Waals surface area contributed by atoms with Crippen molar-refractivity contribution in [1.82, 2.24) is 10.2 Å². The average molecular weight is 272 g/mol. The highest BCUT2D eigenvalue weighted by Crippen LogP contribution is 2.33. The quantitative estimate of drug-likeness (QED) is 0.907. The lowest BCUT2D eigenvalue weighted by Crippen LogP contribution is -2.62. The number of hydrogen-bond acceptors (Lipinski definition) is 2. The first-order valence-electron chi connectivity index (χ1n) is 8.23. The molecule has 1 N–H and O–H groups in total. The molecule has 20 heavy (non-hydrogen) atoms. The van der Waals surface area contributed by atoms with E-state index < -0.39 is 0 Å². The molecular formula is C18H28N2. The van der Waals surface area contributed by atoms with Gasteiger partial charge in [-0.05, 0) is 31.2 Å². The highest BCUT2D eigenvalue weighted by atomic mass is 15.3. The Morgan fingerprint density at radius 2 is 1.95 bits per heavy atom. The van der Waals surface area contributed by atoms with Crippen LogP contribution in [0.2, 0.25) is 0 Å². The lowest BCUT2D eigenvalue weighted by Gasteiger charge is -2.46. The second-order valence-electron chi connectivity index (χ2n) is 6.96. The molecule has 0 bridgehead atoms. The van der Waals surface area contributed by atoms with Gasteiger partial charge in [0.05, 0.1) is 0 Å². The zero-order valence-electron chi connectivity index (χ0n) is 12.9. The topological polar surface area (TPSA) is 15.3 Å². The standard InChI is InChI=1S/C18H28N2/c1-15(17-8-4-3-5-9-17)13-20-14-18(10-6-7-11-18)19-12-16(20)2/h3-5,8-9,15-16,19H,6-7,10-14H2,1-2H3. The fourth-order valence-corrected chi connectivity index (χ4v) is 3.96. The summed E-state index contributed by atoms with van der Waals surface area (Å²) in [5, 5.41) is 3.85. The number of nitrogens with one attached hydrogen (secondary N) is 1. The van der Waals surface area contributed by atoms with Crippen LogP contribution in [0.5, 0.6) is 0 Å². The molecule has 1 aromatic rings. The number of benzene rings is 1. The molecule has 2 nitrogen and oxygen atoms in total. The van der Waals surface area contributed by atoms with Crippen molar-refractivity contribution in [2.75, 3.05) is 19.6 Å². The first-order chi connectivity index (χ1) is 9.69. The Balaban J connectivity index is 1.66. The van der Waals surface area contributed by atoms with Gasteiger partial charge in [0.2, 0.25) is 0 Å². The molecule has 3 rings (SSSR count). The minimum absolute atomic E-state index is 0.433. The van der Waals surface area contributed by atoms with Crippen molar-refractivity contribution in [2.45, 2.75) is 57.0 Å². The Hall–Kier alpha value is -0.860. The highest BCUT2D eigenvalue weighted by Gasteiger charge is 2.39. The Kier molecular flexibility index (Phi) is 4.13. The van der Waals surface area contributed by atoms with Gasteiger partial charge < -0.3 is 5.32 Å². The number of hydrogen-bond donors (Lipinski definition) is 1. The Morgan fingerprint density at radius 3 is 2.65 bits per heavy atom. The van der Waals surface area contributed by atoms with Crippen LogP contribution >= 0.6 is 0 Å². The van der Waals surface area contributed by atoms with E-state index in [1.165, 1.54) is 44.3 Å². The van der Waals surface area contributed by atoms with Crippen LogP contribution in [0.1, 0.15) is 51.0 Å². The molecule has 2 atom stereocenters. The molecule has 1 saturated heterocycles. The van der Waals surface area contributed by atoms with E-state index in [0.717, 1.165) is 6.54 Å². The summed E-state index contributed by atoms with van der Waals surface area (Å²) in [4.78, 5) is 2.72. The molecule has 0 amide bonds. The molecule has 2 fully saturated rings. The van der Waals surface area contributed by atoms with Crippen LogP contribution in [0.15, 0.2) is 30.3 Å². The average Bonchev–Trinajstić information content (AvgIpc) is 2.92. The summed E-state index contributed by atoms with van der Waals surface area (Å²) in [7, 11) is 0. The van der Waals surface area contributed by atoms with E-state index in [1.807, 2.05) is 0 Å². The van der Waals surface area contributed by atoms with Crippen LogP contribution < -0.4 is 5.32 Å². The second-order valence-corrected chi connectivity index (χ2v) is 6.96. The smallest absolute Gasteiger partial charge is 0.0309 e. The lowest BCUT2D eigenvalue weighted by molar-refractivity contribution is 0.0846. The molecule has 1 saturated carbocycles. The van der Waals surface area contributed by atoms with Gasteiger partial charge in [-0.25, -0.2) is 0 Å². The molecule has 1 aliphatic heterocycles. The number of nitrogens with zero attached hydrogens (tertiary/aromatic N) is 1. The monoisotopic (exact) mass is 272 g/mol. The molecule has 2 aliphatic rings. The highest BCUT2D eigenvalue weighted by molar-refractivity contribution is 5.19. The van der Waals surface area contributed by atoms with Gasteiger partial charge >= 0.3 is 0 Å². The van der Waals surface area contributed by atoms with E-state index in [9.17, 15) is 0 Å². The number of rotatable bonds is 3. The van der Waals surface area contributed by atoms with Gasteiger partial charge in [-0.15, -0.1) is 0 Å². The Bertz CT molecular complexity index is 422. The first kappa shape index (κ1) is 14.1. The second kappa shape index (κ2) is 5.87. The van der Waals surface area contributed by atoms with Gasteiger partial charge in [0.1, 0.15) is 0 Å².